The molecule has 0 aromatic heterocycles. The minimum atomic E-state index is -0.570. The third kappa shape index (κ3) is 9.64. The Morgan fingerprint density at radius 2 is 1.45 bits per heavy atom. The van der Waals surface area contributed by atoms with Gasteiger partial charge in [0.1, 0.15) is 11.6 Å². The molecule has 0 saturated heterocycles. The molecule has 0 aromatic carbocycles. The van der Waals surface area contributed by atoms with Crippen molar-refractivity contribution in [2.24, 2.45) is 0 Å². The van der Waals surface area contributed by atoms with Crippen molar-refractivity contribution in [3.05, 3.63) is 0 Å². The number of carbonyl (C=O) groups is 2. The van der Waals surface area contributed by atoms with Gasteiger partial charge in [0.2, 0.25) is 5.91 Å². The Morgan fingerprint density at radius 3 is 1.75 bits per heavy atom. The van der Waals surface area contributed by atoms with Crippen LogP contribution in [0.5, 0.6) is 0 Å². The second-order valence-electron chi connectivity index (χ2n) is 6.51. The smallest absolute Gasteiger partial charge is 0.410 e. The standard InChI is InChI=1S/C13H26N2O3.C2H6/c1-9(10(16)14-12(2,3)4)15(8)11(17)18-13(5,6)7;1-2/h9H,1-8H3,(H,14,16);1-2H3. The van der Waals surface area contributed by atoms with E-state index in [0.717, 1.165) is 0 Å². The molecular weight excluding hydrogens is 256 g/mol. The average molecular weight is 288 g/mol. The summed E-state index contributed by atoms with van der Waals surface area (Å²) < 4.78 is 5.21. The van der Waals surface area contributed by atoms with Crippen LogP contribution in [0.15, 0.2) is 0 Å². The molecule has 0 aliphatic heterocycles. The summed E-state index contributed by atoms with van der Waals surface area (Å²) in [5.41, 5.74) is -0.883. The highest BCUT2D eigenvalue weighted by atomic mass is 16.6. The first-order chi connectivity index (χ1) is 8.83. The zero-order valence-corrected chi connectivity index (χ0v) is 14.7. The Hall–Kier alpha value is -1.26. The molecule has 0 heterocycles. The number of rotatable bonds is 2. The van der Waals surface area contributed by atoms with E-state index >= 15 is 0 Å². The molecule has 5 heteroatoms. The number of hydrogen-bond donors (Lipinski definition) is 1. The highest BCUT2D eigenvalue weighted by molar-refractivity contribution is 5.85. The summed E-state index contributed by atoms with van der Waals surface area (Å²) in [7, 11) is 1.56. The van der Waals surface area contributed by atoms with Crippen LogP contribution in [-0.2, 0) is 9.53 Å². The topological polar surface area (TPSA) is 58.6 Å². The fraction of sp³-hybridized carbons (Fsp3) is 0.867. The third-order valence-corrected chi connectivity index (χ3v) is 2.14. The molecule has 0 bridgehead atoms. The van der Waals surface area contributed by atoms with Gasteiger partial charge in [0, 0.05) is 12.6 Å². The van der Waals surface area contributed by atoms with Gasteiger partial charge in [-0.1, -0.05) is 13.8 Å². The lowest BCUT2D eigenvalue weighted by Crippen LogP contribution is -2.52. The summed E-state index contributed by atoms with van der Waals surface area (Å²) in [5, 5.41) is 2.83. The van der Waals surface area contributed by atoms with E-state index < -0.39 is 17.7 Å². The minimum Gasteiger partial charge on any atom is -0.444 e. The van der Waals surface area contributed by atoms with Crippen molar-refractivity contribution in [3.8, 4) is 0 Å². The Kier molecular flexibility index (Phi) is 8.55. The third-order valence-electron chi connectivity index (χ3n) is 2.14. The predicted octanol–water partition coefficient (Wildman–Crippen LogP) is 3.18. The van der Waals surface area contributed by atoms with Gasteiger partial charge in [-0.25, -0.2) is 4.79 Å². The van der Waals surface area contributed by atoms with Crippen LogP contribution in [-0.4, -0.2) is 41.1 Å². The molecule has 1 unspecified atom stereocenters. The van der Waals surface area contributed by atoms with E-state index in [9.17, 15) is 9.59 Å². The van der Waals surface area contributed by atoms with Gasteiger partial charge in [-0.15, -0.1) is 0 Å². The second kappa shape index (κ2) is 8.12. The van der Waals surface area contributed by atoms with Crippen LogP contribution in [0.2, 0.25) is 0 Å². The molecule has 20 heavy (non-hydrogen) atoms. The number of amides is 2. The van der Waals surface area contributed by atoms with Crippen LogP contribution in [0.4, 0.5) is 4.79 Å². The second-order valence-corrected chi connectivity index (χ2v) is 6.51. The largest absolute Gasteiger partial charge is 0.444 e. The summed E-state index contributed by atoms with van der Waals surface area (Å²) >= 11 is 0. The van der Waals surface area contributed by atoms with E-state index in [4.69, 9.17) is 4.74 Å². The van der Waals surface area contributed by atoms with E-state index in [1.54, 1.807) is 34.7 Å². The van der Waals surface area contributed by atoms with Crippen LogP contribution in [0.25, 0.3) is 0 Å². The lowest BCUT2D eigenvalue weighted by atomic mass is 10.1. The molecule has 120 valence electrons. The molecule has 1 N–H and O–H groups in total. The van der Waals surface area contributed by atoms with Gasteiger partial charge in [0.15, 0.2) is 0 Å². The van der Waals surface area contributed by atoms with E-state index in [1.807, 2.05) is 34.6 Å². The molecular formula is C15H32N2O3. The van der Waals surface area contributed by atoms with Crippen molar-refractivity contribution >= 4 is 12.0 Å². The quantitative estimate of drug-likeness (QED) is 0.849. The Bertz CT molecular complexity index is 282. The molecule has 0 aromatic rings. The van der Waals surface area contributed by atoms with Gasteiger partial charge >= 0.3 is 6.09 Å². The monoisotopic (exact) mass is 288 g/mol. The molecule has 1 atom stereocenters. The first-order valence-electron chi connectivity index (χ1n) is 7.11. The summed E-state index contributed by atoms with van der Waals surface area (Å²) in [6, 6.07) is -0.570. The van der Waals surface area contributed by atoms with Crippen LogP contribution >= 0.6 is 0 Å². The maximum Gasteiger partial charge on any atom is 0.410 e. The number of ether oxygens (including phenoxy) is 1. The lowest BCUT2D eigenvalue weighted by Gasteiger charge is -2.30. The molecule has 0 aliphatic rings. The fourth-order valence-corrected chi connectivity index (χ4v) is 1.14. The van der Waals surface area contributed by atoms with Gasteiger partial charge in [0.25, 0.3) is 0 Å². The number of carbonyl (C=O) groups excluding carboxylic acids is 2. The highest BCUT2D eigenvalue weighted by Gasteiger charge is 2.28. The number of nitrogens with one attached hydrogen (secondary N) is 1. The summed E-state index contributed by atoms with van der Waals surface area (Å²) in [4.78, 5) is 25.0. The van der Waals surface area contributed by atoms with Gasteiger partial charge < -0.3 is 10.1 Å². The molecule has 5 nitrogen and oxygen atoms in total. The maximum absolute atomic E-state index is 11.9. The van der Waals surface area contributed by atoms with Crippen molar-refractivity contribution in [1.29, 1.82) is 0 Å². The van der Waals surface area contributed by atoms with Crippen LogP contribution in [0.1, 0.15) is 62.3 Å². The molecule has 0 aliphatic carbocycles. The maximum atomic E-state index is 11.9. The Morgan fingerprint density at radius 1 is 1.05 bits per heavy atom. The van der Waals surface area contributed by atoms with Crippen molar-refractivity contribution in [2.45, 2.75) is 79.5 Å². The first-order valence-corrected chi connectivity index (χ1v) is 7.11. The van der Waals surface area contributed by atoms with Gasteiger partial charge in [-0.05, 0) is 48.5 Å². The average Bonchev–Trinajstić information content (AvgIpc) is 2.25. The number of likely N-dealkylation sites (N-methyl/N-ethyl adjacent to an activating group) is 1. The first kappa shape index (κ1) is 21.0. The van der Waals surface area contributed by atoms with E-state index in [1.165, 1.54) is 4.90 Å². The van der Waals surface area contributed by atoms with Crippen molar-refractivity contribution in [1.82, 2.24) is 10.2 Å². The van der Waals surface area contributed by atoms with Crippen LogP contribution in [0, 0.1) is 0 Å². The van der Waals surface area contributed by atoms with Crippen LogP contribution < -0.4 is 5.32 Å². The van der Waals surface area contributed by atoms with Crippen molar-refractivity contribution in [2.75, 3.05) is 7.05 Å². The molecule has 0 saturated carbocycles. The highest BCUT2D eigenvalue weighted by Crippen LogP contribution is 2.11. The van der Waals surface area contributed by atoms with E-state index in [0.29, 0.717) is 0 Å². The lowest BCUT2D eigenvalue weighted by molar-refractivity contribution is -0.126. The van der Waals surface area contributed by atoms with E-state index in [2.05, 4.69) is 5.32 Å². The minimum absolute atomic E-state index is 0.198. The summed E-state index contributed by atoms with van der Waals surface area (Å²) in [6.45, 7) is 16.7. The van der Waals surface area contributed by atoms with Gasteiger partial charge in [0.05, 0.1) is 0 Å². The van der Waals surface area contributed by atoms with Gasteiger partial charge in [-0.2, -0.15) is 0 Å². The molecule has 0 fully saturated rings. The normalized spacial score (nSPS) is 12.7. The number of nitrogens with zero attached hydrogens (tertiary/aromatic N) is 1. The van der Waals surface area contributed by atoms with Gasteiger partial charge in [-0.3, -0.25) is 9.69 Å². The predicted molar refractivity (Wildman–Crippen MR) is 82.7 cm³/mol. The molecule has 2 amide bonds. The Labute approximate surface area is 124 Å². The SMILES string of the molecule is CC.CC(C(=O)NC(C)(C)C)N(C)C(=O)OC(C)(C)C. The van der Waals surface area contributed by atoms with E-state index in [-0.39, 0.29) is 11.4 Å². The van der Waals surface area contributed by atoms with Crippen LogP contribution in [0.3, 0.4) is 0 Å². The van der Waals surface area contributed by atoms with Crippen molar-refractivity contribution in [3.63, 3.8) is 0 Å². The molecule has 0 radical (unpaired) electrons. The molecule has 0 spiro atoms. The van der Waals surface area contributed by atoms with Crippen molar-refractivity contribution < 1.29 is 14.3 Å². The summed E-state index contributed by atoms with van der Waals surface area (Å²) in [6.07, 6.45) is -0.501. The zero-order chi connectivity index (χ0) is 16.7. The Balaban J connectivity index is 0. The summed E-state index contributed by atoms with van der Waals surface area (Å²) in [5.74, 6) is -0.198. The fourth-order valence-electron chi connectivity index (χ4n) is 1.14. The number of hydrogen-bond acceptors (Lipinski definition) is 3. The zero-order valence-electron chi connectivity index (χ0n) is 14.7. The molecule has 0 rings (SSSR count).